The zero-order valence-corrected chi connectivity index (χ0v) is 14.4. The standard InChI is InChI=1S/C16H30O3Si/c1-12-10-14(17)13(11-20(2,3)4)15(12)6-5-7-16(15)18-8-9-19-16/h12-14,17H,5-11H2,1-4H3/t12-,13+,14+,15?/m1/s1. The molecule has 20 heavy (non-hydrogen) atoms. The molecule has 3 fully saturated rings. The molecule has 0 aromatic rings. The molecule has 3 aliphatic rings. The van der Waals surface area contributed by atoms with Crippen molar-refractivity contribution in [3.8, 4) is 0 Å². The highest BCUT2D eigenvalue weighted by molar-refractivity contribution is 6.76. The molecule has 0 radical (unpaired) electrons. The van der Waals surface area contributed by atoms with Gasteiger partial charge in [0.05, 0.1) is 19.3 Å². The molecule has 116 valence electrons. The Morgan fingerprint density at radius 2 is 1.80 bits per heavy atom. The molecule has 4 heteroatoms. The maximum atomic E-state index is 10.7. The van der Waals surface area contributed by atoms with Gasteiger partial charge >= 0.3 is 0 Å². The molecule has 0 aromatic heterocycles. The summed E-state index contributed by atoms with van der Waals surface area (Å²) >= 11 is 0. The van der Waals surface area contributed by atoms with Crippen LogP contribution in [-0.4, -0.2) is 38.3 Å². The second kappa shape index (κ2) is 4.80. The second-order valence-corrected chi connectivity index (χ2v) is 13.9. The van der Waals surface area contributed by atoms with E-state index in [0.717, 1.165) is 26.1 Å². The molecule has 1 aliphatic heterocycles. The van der Waals surface area contributed by atoms with E-state index in [9.17, 15) is 5.11 Å². The Morgan fingerprint density at radius 3 is 2.40 bits per heavy atom. The van der Waals surface area contributed by atoms with Crippen LogP contribution in [0.5, 0.6) is 0 Å². The molecule has 0 aromatic carbocycles. The summed E-state index contributed by atoms with van der Waals surface area (Å²) in [6.07, 6.45) is 4.12. The maximum absolute atomic E-state index is 10.7. The fourth-order valence-corrected chi connectivity index (χ4v) is 7.37. The van der Waals surface area contributed by atoms with E-state index in [-0.39, 0.29) is 17.3 Å². The van der Waals surface area contributed by atoms with Crippen LogP contribution < -0.4 is 0 Å². The lowest BCUT2D eigenvalue weighted by Crippen LogP contribution is -2.52. The average Bonchev–Trinajstić information content (AvgIpc) is 2.99. The number of ether oxygens (including phenoxy) is 2. The second-order valence-electron chi connectivity index (χ2n) is 8.42. The lowest BCUT2D eigenvalue weighted by molar-refractivity contribution is -0.244. The SMILES string of the molecule is C[C@@H]1C[C@H](O)[C@H](C[Si](C)(C)C)C12CCCC21OCCO1. The number of hydrogen-bond acceptors (Lipinski definition) is 3. The summed E-state index contributed by atoms with van der Waals surface area (Å²) in [6, 6.07) is 1.19. The van der Waals surface area contributed by atoms with Crippen LogP contribution in [0.1, 0.15) is 32.6 Å². The predicted molar refractivity (Wildman–Crippen MR) is 82.3 cm³/mol. The number of fused-ring (bicyclic) bond motifs is 1. The summed E-state index contributed by atoms with van der Waals surface area (Å²) in [4.78, 5) is 0. The van der Waals surface area contributed by atoms with Crippen molar-refractivity contribution < 1.29 is 14.6 Å². The first kappa shape index (κ1) is 15.0. The van der Waals surface area contributed by atoms with Crippen LogP contribution in [0.2, 0.25) is 25.7 Å². The first-order valence-corrected chi connectivity index (χ1v) is 12.0. The van der Waals surface area contributed by atoms with E-state index >= 15 is 0 Å². The van der Waals surface area contributed by atoms with E-state index in [1.165, 1.54) is 18.9 Å². The Kier molecular flexibility index (Phi) is 3.60. The summed E-state index contributed by atoms with van der Waals surface area (Å²) in [7, 11) is -1.23. The van der Waals surface area contributed by atoms with Crippen LogP contribution in [0.4, 0.5) is 0 Å². The molecule has 0 bridgehead atoms. The fraction of sp³-hybridized carbons (Fsp3) is 1.00. The van der Waals surface area contributed by atoms with Gasteiger partial charge in [-0.2, -0.15) is 0 Å². The monoisotopic (exact) mass is 298 g/mol. The molecule has 2 aliphatic carbocycles. The number of hydrogen-bond donors (Lipinski definition) is 1. The van der Waals surface area contributed by atoms with Crippen molar-refractivity contribution >= 4 is 8.07 Å². The van der Waals surface area contributed by atoms with Crippen molar-refractivity contribution in [3.63, 3.8) is 0 Å². The molecule has 1 saturated heterocycles. The third-order valence-electron chi connectivity index (χ3n) is 5.99. The third-order valence-corrected chi connectivity index (χ3v) is 7.66. The van der Waals surface area contributed by atoms with Crippen LogP contribution in [-0.2, 0) is 9.47 Å². The Labute approximate surface area is 124 Å². The van der Waals surface area contributed by atoms with Gasteiger partial charge in [-0.25, -0.2) is 0 Å². The molecule has 3 rings (SSSR count). The van der Waals surface area contributed by atoms with Gasteiger partial charge in [-0.3, -0.25) is 0 Å². The van der Waals surface area contributed by atoms with E-state index in [4.69, 9.17) is 9.47 Å². The van der Waals surface area contributed by atoms with E-state index in [1.54, 1.807) is 0 Å². The van der Waals surface area contributed by atoms with Crippen LogP contribution in [0.15, 0.2) is 0 Å². The Bertz CT molecular complexity index is 367. The minimum Gasteiger partial charge on any atom is -0.393 e. The molecule has 1 unspecified atom stereocenters. The number of rotatable bonds is 2. The first-order valence-electron chi connectivity index (χ1n) is 8.27. The van der Waals surface area contributed by atoms with E-state index in [0.29, 0.717) is 11.8 Å². The average molecular weight is 298 g/mol. The van der Waals surface area contributed by atoms with Gasteiger partial charge in [0, 0.05) is 19.9 Å². The van der Waals surface area contributed by atoms with E-state index < -0.39 is 8.07 Å². The minimum atomic E-state index is -1.23. The molecule has 2 spiro atoms. The summed E-state index contributed by atoms with van der Waals surface area (Å²) in [6.45, 7) is 11.0. The van der Waals surface area contributed by atoms with Crippen molar-refractivity contribution in [2.24, 2.45) is 17.3 Å². The zero-order chi connectivity index (χ0) is 14.6. The largest absolute Gasteiger partial charge is 0.393 e. The lowest BCUT2D eigenvalue weighted by Gasteiger charge is -2.47. The summed E-state index contributed by atoms with van der Waals surface area (Å²) in [5.74, 6) is 0.484. The molecular weight excluding hydrogens is 268 g/mol. The minimum absolute atomic E-state index is 0.0587. The van der Waals surface area contributed by atoms with Crippen molar-refractivity contribution in [2.45, 2.75) is 70.2 Å². The quantitative estimate of drug-likeness (QED) is 0.795. The van der Waals surface area contributed by atoms with Crippen LogP contribution in [0.25, 0.3) is 0 Å². The van der Waals surface area contributed by atoms with Crippen molar-refractivity contribution in [3.05, 3.63) is 0 Å². The van der Waals surface area contributed by atoms with E-state index in [2.05, 4.69) is 26.6 Å². The number of aliphatic hydroxyl groups excluding tert-OH is 1. The van der Waals surface area contributed by atoms with Crippen LogP contribution >= 0.6 is 0 Å². The number of aliphatic hydroxyl groups is 1. The Balaban J connectivity index is 1.98. The van der Waals surface area contributed by atoms with Crippen LogP contribution in [0, 0.1) is 17.3 Å². The molecule has 3 nitrogen and oxygen atoms in total. The van der Waals surface area contributed by atoms with Gasteiger partial charge in [0.2, 0.25) is 0 Å². The molecule has 4 atom stereocenters. The van der Waals surface area contributed by atoms with Gasteiger partial charge in [0.25, 0.3) is 0 Å². The summed E-state index contributed by atoms with van der Waals surface area (Å²) < 4.78 is 12.4. The van der Waals surface area contributed by atoms with Crippen molar-refractivity contribution in [1.82, 2.24) is 0 Å². The van der Waals surface area contributed by atoms with Gasteiger partial charge in [0.15, 0.2) is 5.79 Å². The van der Waals surface area contributed by atoms with Gasteiger partial charge in [-0.1, -0.05) is 32.6 Å². The first-order chi connectivity index (χ1) is 9.31. The zero-order valence-electron chi connectivity index (χ0n) is 13.4. The molecular formula is C16H30O3Si. The van der Waals surface area contributed by atoms with Gasteiger partial charge < -0.3 is 14.6 Å². The summed E-state index contributed by atoms with van der Waals surface area (Å²) in [5.41, 5.74) is 0.0587. The maximum Gasteiger partial charge on any atom is 0.174 e. The molecule has 1 heterocycles. The van der Waals surface area contributed by atoms with Gasteiger partial charge in [-0.05, 0) is 31.1 Å². The lowest BCUT2D eigenvalue weighted by atomic mass is 9.68. The highest BCUT2D eigenvalue weighted by Gasteiger charge is 2.68. The van der Waals surface area contributed by atoms with E-state index in [1.807, 2.05) is 0 Å². The van der Waals surface area contributed by atoms with Crippen LogP contribution in [0.3, 0.4) is 0 Å². The van der Waals surface area contributed by atoms with Gasteiger partial charge in [-0.15, -0.1) is 0 Å². The van der Waals surface area contributed by atoms with Crippen molar-refractivity contribution in [1.29, 1.82) is 0 Å². The molecule has 1 N–H and O–H groups in total. The third kappa shape index (κ3) is 2.03. The normalized spacial score (nSPS) is 44.0. The topological polar surface area (TPSA) is 38.7 Å². The van der Waals surface area contributed by atoms with Crippen molar-refractivity contribution in [2.75, 3.05) is 13.2 Å². The van der Waals surface area contributed by atoms with Gasteiger partial charge in [0.1, 0.15) is 0 Å². The molecule has 2 saturated carbocycles. The Morgan fingerprint density at radius 1 is 1.15 bits per heavy atom. The summed E-state index contributed by atoms with van der Waals surface area (Å²) in [5, 5.41) is 10.7. The highest BCUT2D eigenvalue weighted by Crippen LogP contribution is 2.66. The fourth-order valence-electron chi connectivity index (χ4n) is 5.42. The Hall–Kier alpha value is 0.0969. The smallest absolute Gasteiger partial charge is 0.174 e. The predicted octanol–water partition coefficient (Wildman–Crippen LogP) is 3.25. The molecule has 0 amide bonds. The highest BCUT2D eigenvalue weighted by atomic mass is 28.3.